The number of aromatic nitrogens is 1. The SMILES string of the molecule is CCC1(CC)CCN(C(=O)c2cccc(Br)n2)C1. The fourth-order valence-corrected chi connectivity index (χ4v) is 2.97. The Kier molecular flexibility index (Phi) is 4.05. The van der Waals surface area contributed by atoms with Crippen molar-refractivity contribution in [2.45, 2.75) is 33.1 Å². The maximum Gasteiger partial charge on any atom is 0.272 e. The van der Waals surface area contributed by atoms with Gasteiger partial charge in [-0.15, -0.1) is 0 Å². The Balaban J connectivity index is 2.12. The van der Waals surface area contributed by atoms with Gasteiger partial charge in [0.1, 0.15) is 10.3 Å². The molecule has 1 aromatic rings. The number of hydrogen-bond acceptors (Lipinski definition) is 2. The minimum atomic E-state index is 0.0556. The number of hydrogen-bond donors (Lipinski definition) is 0. The van der Waals surface area contributed by atoms with Crippen LogP contribution in [-0.4, -0.2) is 28.9 Å². The first-order chi connectivity index (χ1) is 8.60. The van der Waals surface area contributed by atoms with Crippen LogP contribution in [0.15, 0.2) is 22.8 Å². The van der Waals surface area contributed by atoms with Crippen molar-refractivity contribution < 1.29 is 4.79 Å². The number of pyridine rings is 1. The third-order valence-electron chi connectivity index (χ3n) is 4.16. The van der Waals surface area contributed by atoms with Crippen LogP contribution in [0.5, 0.6) is 0 Å². The van der Waals surface area contributed by atoms with Gasteiger partial charge in [0.25, 0.3) is 5.91 Å². The molecule has 0 unspecified atom stereocenters. The van der Waals surface area contributed by atoms with Gasteiger partial charge in [0.05, 0.1) is 0 Å². The quantitative estimate of drug-likeness (QED) is 0.801. The fourth-order valence-electron chi connectivity index (χ4n) is 2.63. The molecule has 18 heavy (non-hydrogen) atoms. The van der Waals surface area contributed by atoms with Gasteiger partial charge in [0.15, 0.2) is 0 Å². The topological polar surface area (TPSA) is 33.2 Å². The summed E-state index contributed by atoms with van der Waals surface area (Å²) >= 11 is 3.31. The molecule has 4 heteroatoms. The van der Waals surface area contributed by atoms with E-state index in [-0.39, 0.29) is 5.91 Å². The summed E-state index contributed by atoms with van der Waals surface area (Å²) in [7, 11) is 0. The summed E-state index contributed by atoms with van der Waals surface area (Å²) in [4.78, 5) is 18.6. The van der Waals surface area contributed by atoms with E-state index in [0.29, 0.717) is 15.7 Å². The van der Waals surface area contributed by atoms with Crippen LogP contribution < -0.4 is 0 Å². The van der Waals surface area contributed by atoms with Crippen molar-refractivity contribution in [3.8, 4) is 0 Å². The van der Waals surface area contributed by atoms with Crippen molar-refractivity contribution in [3.05, 3.63) is 28.5 Å². The van der Waals surface area contributed by atoms with Gasteiger partial charge in [-0.2, -0.15) is 0 Å². The zero-order valence-corrected chi connectivity index (χ0v) is 12.5. The molecule has 1 amide bonds. The molecule has 2 heterocycles. The number of carbonyl (C=O) groups is 1. The minimum Gasteiger partial charge on any atom is -0.337 e. The molecule has 0 radical (unpaired) electrons. The lowest BCUT2D eigenvalue weighted by Gasteiger charge is -2.26. The molecule has 0 N–H and O–H groups in total. The molecular weight excluding hydrogens is 292 g/mol. The second-order valence-electron chi connectivity index (χ2n) is 5.03. The predicted octanol–water partition coefficient (Wildman–Crippen LogP) is 3.50. The molecule has 0 aromatic carbocycles. The largest absolute Gasteiger partial charge is 0.337 e. The Hall–Kier alpha value is -0.900. The molecule has 0 atom stereocenters. The average Bonchev–Trinajstić information content (AvgIpc) is 2.83. The first-order valence-electron chi connectivity index (χ1n) is 6.52. The van der Waals surface area contributed by atoms with Crippen molar-refractivity contribution in [1.29, 1.82) is 0 Å². The molecule has 0 spiro atoms. The number of likely N-dealkylation sites (tertiary alicyclic amines) is 1. The molecule has 1 aliphatic heterocycles. The van der Waals surface area contributed by atoms with Gasteiger partial charge < -0.3 is 4.90 Å². The lowest BCUT2D eigenvalue weighted by molar-refractivity contribution is 0.0764. The molecule has 3 nitrogen and oxygen atoms in total. The van der Waals surface area contributed by atoms with Crippen LogP contribution in [0.25, 0.3) is 0 Å². The number of carbonyl (C=O) groups excluding carboxylic acids is 1. The number of amides is 1. The Morgan fingerprint density at radius 1 is 1.44 bits per heavy atom. The van der Waals surface area contributed by atoms with Crippen LogP contribution in [0.2, 0.25) is 0 Å². The highest BCUT2D eigenvalue weighted by molar-refractivity contribution is 9.10. The van der Waals surface area contributed by atoms with Crippen molar-refractivity contribution >= 4 is 21.8 Å². The molecule has 1 aliphatic rings. The lowest BCUT2D eigenvalue weighted by atomic mass is 9.82. The molecular formula is C14H19BrN2O. The summed E-state index contributed by atoms with van der Waals surface area (Å²) in [6.45, 7) is 6.16. The lowest BCUT2D eigenvalue weighted by Crippen LogP contribution is -2.32. The molecule has 2 rings (SSSR count). The van der Waals surface area contributed by atoms with E-state index in [1.807, 2.05) is 17.0 Å². The summed E-state index contributed by atoms with van der Waals surface area (Å²) < 4.78 is 0.713. The van der Waals surface area contributed by atoms with E-state index in [1.54, 1.807) is 6.07 Å². The standard InChI is InChI=1S/C14H19BrN2O/c1-3-14(4-2)8-9-17(10-14)13(18)11-6-5-7-12(15)16-11/h5-7H,3-4,8-10H2,1-2H3. The molecule has 0 aliphatic carbocycles. The Morgan fingerprint density at radius 2 is 2.17 bits per heavy atom. The normalized spacial score (nSPS) is 18.1. The van der Waals surface area contributed by atoms with Gasteiger partial charge in [0, 0.05) is 13.1 Å². The second kappa shape index (κ2) is 5.39. The summed E-state index contributed by atoms with van der Waals surface area (Å²) in [5.41, 5.74) is 0.856. The highest BCUT2D eigenvalue weighted by Gasteiger charge is 2.37. The van der Waals surface area contributed by atoms with Crippen molar-refractivity contribution in [2.75, 3.05) is 13.1 Å². The summed E-state index contributed by atoms with van der Waals surface area (Å²) in [5.74, 6) is 0.0556. The van der Waals surface area contributed by atoms with E-state index in [0.717, 1.165) is 32.4 Å². The molecule has 98 valence electrons. The van der Waals surface area contributed by atoms with E-state index in [2.05, 4.69) is 34.8 Å². The van der Waals surface area contributed by atoms with Crippen molar-refractivity contribution in [3.63, 3.8) is 0 Å². The molecule has 1 fully saturated rings. The van der Waals surface area contributed by atoms with Crippen LogP contribution in [0.3, 0.4) is 0 Å². The highest BCUT2D eigenvalue weighted by Crippen LogP contribution is 2.37. The number of rotatable bonds is 3. The maximum atomic E-state index is 12.4. The van der Waals surface area contributed by atoms with Gasteiger partial charge in [-0.1, -0.05) is 19.9 Å². The summed E-state index contributed by atoms with van der Waals surface area (Å²) in [6, 6.07) is 5.47. The van der Waals surface area contributed by atoms with E-state index < -0.39 is 0 Å². The predicted molar refractivity (Wildman–Crippen MR) is 75.5 cm³/mol. The van der Waals surface area contributed by atoms with E-state index >= 15 is 0 Å². The molecule has 0 saturated carbocycles. The van der Waals surface area contributed by atoms with Gasteiger partial charge >= 0.3 is 0 Å². The smallest absolute Gasteiger partial charge is 0.272 e. The van der Waals surface area contributed by atoms with Gasteiger partial charge in [-0.05, 0) is 52.7 Å². The maximum absolute atomic E-state index is 12.4. The third-order valence-corrected chi connectivity index (χ3v) is 4.60. The Morgan fingerprint density at radius 3 is 2.72 bits per heavy atom. The molecule has 0 bridgehead atoms. The van der Waals surface area contributed by atoms with Crippen LogP contribution in [-0.2, 0) is 0 Å². The Bertz CT molecular complexity index is 443. The van der Waals surface area contributed by atoms with E-state index in [1.165, 1.54) is 0 Å². The van der Waals surface area contributed by atoms with Crippen LogP contribution in [0, 0.1) is 5.41 Å². The zero-order valence-electron chi connectivity index (χ0n) is 10.9. The van der Waals surface area contributed by atoms with Gasteiger partial charge in [-0.25, -0.2) is 4.98 Å². The van der Waals surface area contributed by atoms with E-state index in [9.17, 15) is 4.79 Å². The Labute approximate surface area is 117 Å². The zero-order chi connectivity index (χ0) is 13.2. The van der Waals surface area contributed by atoms with Crippen molar-refractivity contribution in [1.82, 2.24) is 9.88 Å². The molecule has 1 aromatic heterocycles. The van der Waals surface area contributed by atoms with E-state index in [4.69, 9.17) is 0 Å². The average molecular weight is 311 g/mol. The first-order valence-corrected chi connectivity index (χ1v) is 7.31. The third kappa shape index (κ3) is 2.58. The fraction of sp³-hybridized carbons (Fsp3) is 0.571. The first kappa shape index (κ1) is 13.5. The van der Waals surface area contributed by atoms with Crippen LogP contribution in [0.4, 0.5) is 0 Å². The van der Waals surface area contributed by atoms with Gasteiger partial charge in [0.2, 0.25) is 0 Å². The minimum absolute atomic E-state index is 0.0556. The molecule has 1 saturated heterocycles. The monoisotopic (exact) mass is 310 g/mol. The highest BCUT2D eigenvalue weighted by atomic mass is 79.9. The summed E-state index contributed by atoms with van der Waals surface area (Å²) in [5, 5.41) is 0. The van der Waals surface area contributed by atoms with Crippen LogP contribution in [0.1, 0.15) is 43.6 Å². The van der Waals surface area contributed by atoms with Crippen molar-refractivity contribution in [2.24, 2.45) is 5.41 Å². The second-order valence-corrected chi connectivity index (χ2v) is 5.84. The van der Waals surface area contributed by atoms with Crippen LogP contribution >= 0.6 is 15.9 Å². The summed E-state index contributed by atoms with van der Waals surface area (Å²) in [6.07, 6.45) is 3.39. The number of halogens is 1. The van der Waals surface area contributed by atoms with Gasteiger partial charge in [-0.3, -0.25) is 4.79 Å². The number of nitrogens with zero attached hydrogens (tertiary/aromatic N) is 2.